The number of piperidine rings is 1. The van der Waals surface area contributed by atoms with Gasteiger partial charge in [-0.1, -0.05) is 66.7 Å². The molecule has 5 nitrogen and oxygen atoms in total. The second kappa shape index (κ2) is 13.1. The quantitative estimate of drug-likeness (QED) is 0.229. The first-order valence-corrected chi connectivity index (χ1v) is 13.8. The van der Waals surface area contributed by atoms with Crippen molar-refractivity contribution in [2.24, 2.45) is 5.92 Å². The van der Waals surface area contributed by atoms with Crippen LogP contribution in [-0.2, 0) is 26.2 Å². The average Bonchev–Trinajstić information content (AvgIpc) is 2.95. The highest BCUT2D eigenvalue weighted by atomic mass is 16.7. The molecule has 1 atom stereocenters. The summed E-state index contributed by atoms with van der Waals surface area (Å²) in [6, 6.07) is 26.7. The van der Waals surface area contributed by atoms with Crippen LogP contribution in [0.3, 0.4) is 0 Å². The number of aryl methyl sites for hydroxylation is 1. The predicted octanol–water partition coefficient (Wildman–Crippen LogP) is 6.64. The molecule has 1 aliphatic rings. The molecule has 4 rings (SSSR count). The van der Waals surface area contributed by atoms with Crippen molar-refractivity contribution >= 4 is 5.97 Å². The summed E-state index contributed by atoms with van der Waals surface area (Å²) in [7, 11) is 1.43. The van der Waals surface area contributed by atoms with E-state index in [9.17, 15) is 9.90 Å². The van der Waals surface area contributed by atoms with Crippen LogP contribution in [0, 0.1) is 5.92 Å². The van der Waals surface area contributed by atoms with Crippen LogP contribution in [0.4, 0.5) is 0 Å². The van der Waals surface area contributed by atoms with Gasteiger partial charge in [0, 0.05) is 19.0 Å². The standard InChI is InChI=1S/C33H41NO4/c1-33(2,32(36)37-3)29-16-12-25(13-17-29)9-7-8-24-38-34-22-20-28(21-23-34)31(26-10-5-4-6-11-26)27-14-18-30(35)19-15-27/h4-6,10-19,28,31,35H,7-9,20-24H2,1-3H3. The molecule has 1 aliphatic heterocycles. The number of phenolic OH excluding ortho intramolecular Hbond substituents is 1. The first-order valence-electron chi connectivity index (χ1n) is 13.8. The fourth-order valence-electron chi connectivity index (χ4n) is 5.50. The zero-order chi connectivity index (χ0) is 27.0. The fourth-order valence-corrected chi connectivity index (χ4v) is 5.50. The van der Waals surface area contributed by atoms with Crippen molar-refractivity contribution in [2.75, 3.05) is 26.8 Å². The van der Waals surface area contributed by atoms with Gasteiger partial charge in [0.2, 0.25) is 0 Å². The van der Waals surface area contributed by atoms with Gasteiger partial charge >= 0.3 is 5.97 Å². The number of ether oxygens (including phenoxy) is 1. The third kappa shape index (κ3) is 7.03. The molecule has 0 spiro atoms. The molecular weight excluding hydrogens is 474 g/mol. The second-order valence-corrected chi connectivity index (χ2v) is 10.9. The molecule has 1 unspecified atom stereocenters. The van der Waals surface area contributed by atoms with E-state index in [1.54, 1.807) is 12.1 Å². The molecule has 5 heteroatoms. The molecule has 0 saturated carbocycles. The number of methoxy groups -OCH3 is 1. The molecule has 202 valence electrons. The summed E-state index contributed by atoms with van der Waals surface area (Å²) >= 11 is 0. The van der Waals surface area contributed by atoms with Crippen LogP contribution >= 0.6 is 0 Å². The number of carbonyl (C=O) groups is 1. The molecule has 3 aromatic rings. The number of nitrogens with zero attached hydrogens (tertiary/aromatic N) is 1. The molecule has 0 aliphatic carbocycles. The van der Waals surface area contributed by atoms with E-state index in [2.05, 4.69) is 59.7 Å². The van der Waals surface area contributed by atoms with Crippen LogP contribution in [0.25, 0.3) is 0 Å². The van der Waals surface area contributed by atoms with E-state index in [0.717, 1.165) is 57.4 Å². The Kier molecular flexibility index (Phi) is 9.59. The number of rotatable bonds is 11. The van der Waals surface area contributed by atoms with Crippen LogP contribution in [0.1, 0.15) is 67.7 Å². The summed E-state index contributed by atoms with van der Waals surface area (Å²) in [6.45, 7) is 6.39. The lowest BCUT2D eigenvalue weighted by Crippen LogP contribution is -2.36. The van der Waals surface area contributed by atoms with Crippen molar-refractivity contribution in [2.45, 2.75) is 57.3 Å². The molecule has 1 saturated heterocycles. The minimum atomic E-state index is -0.639. The highest BCUT2D eigenvalue weighted by Gasteiger charge is 2.31. The minimum Gasteiger partial charge on any atom is -0.508 e. The number of hydroxylamine groups is 2. The van der Waals surface area contributed by atoms with E-state index in [1.807, 2.05) is 26.0 Å². The smallest absolute Gasteiger partial charge is 0.315 e. The Balaban J connectivity index is 1.21. The summed E-state index contributed by atoms with van der Waals surface area (Å²) in [6.07, 6.45) is 5.22. The van der Waals surface area contributed by atoms with E-state index in [4.69, 9.17) is 9.57 Å². The lowest BCUT2D eigenvalue weighted by atomic mass is 9.76. The monoisotopic (exact) mass is 515 g/mol. The zero-order valence-corrected chi connectivity index (χ0v) is 22.9. The van der Waals surface area contributed by atoms with Gasteiger partial charge in [-0.3, -0.25) is 9.63 Å². The first-order chi connectivity index (χ1) is 18.4. The van der Waals surface area contributed by atoms with Crippen molar-refractivity contribution < 1.29 is 19.5 Å². The third-order valence-corrected chi connectivity index (χ3v) is 7.89. The number of carbonyl (C=O) groups excluding carboxylic acids is 1. The van der Waals surface area contributed by atoms with Crippen LogP contribution in [-0.4, -0.2) is 42.9 Å². The Hall–Kier alpha value is -3.15. The summed E-state index contributed by atoms with van der Waals surface area (Å²) in [5, 5.41) is 11.9. The summed E-state index contributed by atoms with van der Waals surface area (Å²) in [5.74, 6) is 0.947. The lowest BCUT2D eigenvalue weighted by Gasteiger charge is -2.36. The number of hydrogen-bond donors (Lipinski definition) is 1. The number of hydrogen-bond acceptors (Lipinski definition) is 5. The van der Waals surface area contributed by atoms with Crippen molar-refractivity contribution in [3.05, 3.63) is 101 Å². The van der Waals surface area contributed by atoms with Gasteiger partial charge in [0.05, 0.1) is 19.1 Å². The van der Waals surface area contributed by atoms with E-state index >= 15 is 0 Å². The summed E-state index contributed by atoms with van der Waals surface area (Å²) in [4.78, 5) is 18.2. The van der Waals surface area contributed by atoms with E-state index in [-0.39, 0.29) is 5.97 Å². The molecule has 1 N–H and O–H groups in total. The Labute approximate surface area is 227 Å². The van der Waals surface area contributed by atoms with E-state index in [1.165, 1.54) is 23.8 Å². The van der Waals surface area contributed by atoms with Gasteiger partial charge in [0.15, 0.2) is 0 Å². The molecule has 0 radical (unpaired) electrons. The third-order valence-electron chi connectivity index (χ3n) is 7.89. The maximum Gasteiger partial charge on any atom is 0.315 e. The maximum atomic E-state index is 12.0. The molecule has 1 heterocycles. The molecule has 3 aromatic carbocycles. The highest BCUT2D eigenvalue weighted by molar-refractivity contribution is 5.82. The topological polar surface area (TPSA) is 59.0 Å². The van der Waals surface area contributed by atoms with E-state index in [0.29, 0.717) is 17.6 Å². The number of aromatic hydroxyl groups is 1. The average molecular weight is 516 g/mol. The van der Waals surface area contributed by atoms with E-state index < -0.39 is 5.41 Å². The van der Waals surface area contributed by atoms with Crippen LogP contribution in [0.15, 0.2) is 78.9 Å². The zero-order valence-electron chi connectivity index (χ0n) is 22.9. The first kappa shape index (κ1) is 27.9. The molecule has 0 bridgehead atoms. The molecule has 0 aromatic heterocycles. The van der Waals surface area contributed by atoms with Crippen molar-refractivity contribution in [1.82, 2.24) is 5.06 Å². The normalized spacial score (nSPS) is 15.8. The number of benzene rings is 3. The number of unbranched alkanes of at least 4 members (excludes halogenated alkanes) is 1. The van der Waals surface area contributed by atoms with Gasteiger partial charge < -0.3 is 9.84 Å². The van der Waals surface area contributed by atoms with Crippen molar-refractivity contribution in [1.29, 1.82) is 0 Å². The maximum absolute atomic E-state index is 12.0. The van der Waals surface area contributed by atoms with Gasteiger partial charge in [0.1, 0.15) is 5.75 Å². The Morgan fingerprint density at radius 3 is 2.18 bits per heavy atom. The Bertz CT molecular complexity index is 1130. The Morgan fingerprint density at radius 1 is 0.921 bits per heavy atom. The minimum absolute atomic E-state index is 0.220. The summed E-state index contributed by atoms with van der Waals surface area (Å²) in [5.41, 5.74) is 4.20. The fraction of sp³-hybridized carbons (Fsp3) is 0.424. The van der Waals surface area contributed by atoms with Crippen molar-refractivity contribution in [3.63, 3.8) is 0 Å². The lowest BCUT2D eigenvalue weighted by molar-refractivity contribution is -0.175. The number of phenols is 1. The van der Waals surface area contributed by atoms with Gasteiger partial charge in [-0.05, 0) is 86.3 Å². The van der Waals surface area contributed by atoms with Crippen LogP contribution in [0.2, 0.25) is 0 Å². The largest absolute Gasteiger partial charge is 0.508 e. The Morgan fingerprint density at radius 2 is 1.55 bits per heavy atom. The van der Waals surface area contributed by atoms with Gasteiger partial charge in [-0.25, -0.2) is 0 Å². The molecule has 38 heavy (non-hydrogen) atoms. The molecule has 0 amide bonds. The molecule has 1 fully saturated rings. The second-order valence-electron chi connectivity index (χ2n) is 10.9. The number of esters is 1. The van der Waals surface area contributed by atoms with Crippen molar-refractivity contribution in [3.8, 4) is 5.75 Å². The van der Waals surface area contributed by atoms with Gasteiger partial charge in [-0.2, -0.15) is 5.06 Å². The highest BCUT2D eigenvalue weighted by Crippen LogP contribution is 2.38. The molecular formula is C33H41NO4. The van der Waals surface area contributed by atoms with Gasteiger partial charge in [0.25, 0.3) is 0 Å². The van der Waals surface area contributed by atoms with Gasteiger partial charge in [-0.15, -0.1) is 0 Å². The van der Waals surface area contributed by atoms with Crippen LogP contribution in [0.5, 0.6) is 5.75 Å². The predicted molar refractivity (Wildman–Crippen MR) is 151 cm³/mol. The summed E-state index contributed by atoms with van der Waals surface area (Å²) < 4.78 is 4.94. The SMILES string of the molecule is COC(=O)C(C)(C)c1ccc(CCCCON2CCC(C(c3ccccc3)c3ccc(O)cc3)CC2)cc1. The van der Waals surface area contributed by atoms with Crippen LogP contribution < -0.4 is 0 Å².